The van der Waals surface area contributed by atoms with Crippen LogP contribution in [0.25, 0.3) is 10.8 Å². The fourth-order valence-corrected chi connectivity index (χ4v) is 2.59. The Hall–Kier alpha value is -1.54. The van der Waals surface area contributed by atoms with Gasteiger partial charge in [0.1, 0.15) is 0 Å². The molecule has 0 aromatic heterocycles. The molecule has 3 rings (SSSR count). The normalized spacial score (nSPS) is 16.3. The molecule has 0 saturated heterocycles. The van der Waals surface area contributed by atoms with Crippen molar-refractivity contribution in [1.82, 2.24) is 4.90 Å². The molecule has 2 N–H and O–H groups in total. The number of benzene rings is 2. The van der Waals surface area contributed by atoms with Gasteiger partial charge in [-0.05, 0) is 36.0 Å². The van der Waals surface area contributed by atoms with Gasteiger partial charge >= 0.3 is 0 Å². The monoisotopic (exact) mass is 212 g/mol. The molecule has 1 aliphatic rings. The maximum Gasteiger partial charge on any atom is 0.0430 e. The number of nitrogens with two attached hydrogens (primary N) is 1. The van der Waals surface area contributed by atoms with E-state index in [1.54, 1.807) is 0 Å². The van der Waals surface area contributed by atoms with Crippen molar-refractivity contribution in [2.24, 2.45) is 0 Å². The van der Waals surface area contributed by atoms with Crippen molar-refractivity contribution in [2.75, 3.05) is 19.3 Å². The van der Waals surface area contributed by atoms with Crippen LogP contribution in [0, 0.1) is 0 Å². The minimum atomic E-state index is 0.987. The number of anilines is 1. The maximum absolute atomic E-state index is 6.27. The molecule has 0 saturated carbocycles. The van der Waals surface area contributed by atoms with Crippen molar-refractivity contribution in [3.63, 3.8) is 0 Å². The van der Waals surface area contributed by atoms with Gasteiger partial charge in [-0.15, -0.1) is 0 Å². The van der Waals surface area contributed by atoms with E-state index in [0.717, 1.165) is 25.2 Å². The second-order valence-corrected chi connectivity index (χ2v) is 4.64. The van der Waals surface area contributed by atoms with Crippen molar-refractivity contribution in [1.29, 1.82) is 0 Å². The summed E-state index contributed by atoms with van der Waals surface area (Å²) in [6.45, 7) is 2.12. The zero-order valence-corrected chi connectivity index (χ0v) is 9.53. The first-order valence-electron chi connectivity index (χ1n) is 5.73. The van der Waals surface area contributed by atoms with E-state index >= 15 is 0 Å². The van der Waals surface area contributed by atoms with Gasteiger partial charge < -0.3 is 10.6 Å². The van der Waals surface area contributed by atoms with Crippen molar-refractivity contribution in [3.8, 4) is 0 Å². The Kier molecular flexibility index (Phi) is 2.11. The number of hydrogen-bond acceptors (Lipinski definition) is 2. The molecule has 0 radical (unpaired) electrons. The fraction of sp³-hybridized carbons (Fsp3) is 0.286. The van der Waals surface area contributed by atoms with E-state index in [2.05, 4.69) is 42.3 Å². The van der Waals surface area contributed by atoms with Crippen LogP contribution in [0.1, 0.15) is 11.1 Å². The van der Waals surface area contributed by atoms with Crippen molar-refractivity contribution in [2.45, 2.75) is 13.0 Å². The topological polar surface area (TPSA) is 29.3 Å². The molecule has 2 aromatic rings. The van der Waals surface area contributed by atoms with Crippen LogP contribution in [0.3, 0.4) is 0 Å². The predicted molar refractivity (Wildman–Crippen MR) is 68.4 cm³/mol. The largest absolute Gasteiger partial charge is 0.398 e. The summed E-state index contributed by atoms with van der Waals surface area (Å²) in [5.41, 5.74) is 10.0. The van der Waals surface area contributed by atoms with E-state index in [1.807, 2.05) is 0 Å². The molecule has 0 atom stereocenters. The van der Waals surface area contributed by atoms with E-state index in [0.29, 0.717) is 0 Å². The lowest BCUT2D eigenvalue weighted by molar-refractivity contribution is 0.313. The van der Waals surface area contributed by atoms with Crippen LogP contribution in [-0.2, 0) is 13.0 Å². The van der Waals surface area contributed by atoms with E-state index in [9.17, 15) is 0 Å². The minimum absolute atomic E-state index is 0.987. The van der Waals surface area contributed by atoms with Gasteiger partial charge in [-0.3, -0.25) is 0 Å². The van der Waals surface area contributed by atoms with Crippen LogP contribution in [0.15, 0.2) is 30.3 Å². The number of nitrogens with zero attached hydrogens (tertiary/aromatic N) is 1. The fourth-order valence-electron chi connectivity index (χ4n) is 2.59. The molecule has 2 heteroatoms. The lowest BCUT2D eigenvalue weighted by Gasteiger charge is -2.26. The summed E-state index contributed by atoms with van der Waals surface area (Å²) in [6.07, 6.45) is 1.07. The number of nitrogen functional groups attached to an aromatic ring is 1. The quantitative estimate of drug-likeness (QED) is 0.679. The zero-order valence-electron chi connectivity index (χ0n) is 9.53. The molecule has 2 nitrogen and oxygen atoms in total. The first kappa shape index (κ1) is 9.67. The third-order valence-electron chi connectivity index (χ3n) is 3.48. The van der Waals surface area contributed by atoms with E-state index in [-0.39, 0.29) is 0 Å². The Morgan fingerprint density at radius 1 is 1.25 bits per heavy atom. The van der Waals surface area contributed by atoms with Crippen LogP contribution >= 0.6 is 0 Å². The second-order valence-electron chi connectivity index (χ2n) is 4.64. The molecule has 0 fully saturated rings. The lowest BCUT2D eigenvalue weighted by atomic mass is 9.93. The van der Waals surface area contributed by atoms with Crippen molar-refractivity contribution in [3.05, 3.63) is 41.5 Å². The zero-order chi connectivity index (χ0) is 11.1. The lowest BCUT2D eigenvalue weighted by Crippen LogP contribution is -2.27. The molecule has 0 aliphatic carbocycles. The van der Waals surface area contributed by atoms with E-state index in [1.165, 1.54) is 21.9 Å². The van der Waals surface area contributed by atoms with E-state index < -0.39 is 0 Å². The molecule has 0 amide bonds. The number of hydrogen-bond donors (Lipinski definition) is 1. The SMILES string of the molecule is CN1CCc2c(cc3ccccc3c2N)C1. The predicted octanol–water partition coefficient (Wildman–Crippen LogP) is 2.41. The van der Waals surface area contributed by atoms with Gasteiger partial charge in [0.2, 0.25) is 0 Å². The molecule has 1 aliphatic heterocycles. The molecule has 0 unspecified atom stereocenters. The Bertz CT molecular complexity index is 546. The molecule has 16 heavy (non-hydrogen) atoms. The highest BCUT2D eigenvalue weighted by atomic mass is 15.1. The second kappa shape index (κ2) is 3.49. The van der Waals surface area contributed by atoms with Gasteiger partial charge in [0, 0.05) is 24.2 Å². The van der Waals surface area contributed by atoms with Crippen molar-refractivity contribution >= 4 is 16.5 Å². The van der Waals surface area contributed by atoms with Crippen LogP contribution in [0.5, 0.6) is 0 Å². The van der Waals surface area contributed by atoms with Gasteiger partial charge in [0.15, 0.2) is 0 Å². The summed E-state index contributed by atoms with van der Waals surface area (Å²) in [4.78, 5) is 2.34. The van der Waals surface area contributed by atoms with Gasteiger partial charge in [-0.25, -0.2) is 0 Å². The molecule has 0 bridgehead atoms. The van der Waals surface area contributed by atoms with Gasteiger partial charge in [0.05, 0.1) is 0 Å². The summed E-state index contributed by atoms with van der Waals surface area (Å²) in [7, 11) is 2.16. The molecular formula is C14H16N2. The number of likely N-dealkylation sites (N-methyl/N-ethyl adjacent to an activating group) is 1. The summed E-state index contributed by atoms with van der Waals surface area (Å²) in [5.74, 6) is 0. The van der Waals surface area contributed by atoms with Crippen LogP contribution < -0.4 is 5.73 Å². The molecule has 1 heterocycles. The Morgan fingerprint density at radius 3 is 2.94 bits per heavy atom. The van der Waals surface area contributed by atoms with Gasteiger partial charge in [-0.2, -0.15) is 0 Å². The smallest absolute Gasteiger partial charge is 0.0430 e. The third kappa shape index (κ3) is 1.38. The average molecular weight is 212 g/mol. The first-order chi connectivity index (χ1) is 7.75. The number of rotatable bonds is 0. The summed E-state index contributed by atoms with van der Waals surface area (Å²) in [5, 5.41) is 2.46. The van der Waals surface area contributed by atoms with Crippen molar-refractivity contribution < 1.29 is 0 Å². The molecule has 0 spiro atoms. The van der Waals surface area contributed by atoms with Crippen LogP contribution in [-0.4, -0.2) is 18.5 Å². The highest BCUT2D eigenvalue weighted by Crippen LogP contribution is 2.31. The highest BCUT2D eigenvalue weighted by Gasteiger charge is 2.17. The molecule has 2 aromatic carbocycles. The summed E-state index contributed by atoms with van der Waals surface area (Å²) < 4.78 is 0. The summed E-state index contributed by atoms with van der Waals surface area (Å²) in [6, 6.07) is 10.7. The Labute approximate surface area is 95.7 Å². The highest BCUT2D eigenvalue weighted by molar-refractivity contribution is 5.95. The minimum Gasteiger partial charge on any atom is -0.398 e. The van der Waals surface area contributed by atoms with Gasteiger partial charge in [-0.1, -0.05) is 24.3 Å². The molecule has 82 valence electrons. The van der Waals surface area contributed by atoms with Gasteiger partial charge in [0.25, 0.3) is 0 Å². The average Bonchev–Trinajstić information content (AvgIpc) is 2.29. The van der Waals surface area contributed by atoms with Crippen LogP contribution in [0.4, 0.5) is 5.69 Å². The van der Waals surface area contributed by atoms with Crippen LogP contribution in [0.2, 0.25) is 0 Å². The summed E-state index contributed by atoms with van der Waals surface area (Å²) >= 11 is 0. The number of fused-ring (bicyclic) bond motifs is 2. The standard InChI is InChI=1S/C14H16N2/c1-16-7-6-13-11(9-16)8-10-4-2-3-5-12(10)14(13)15/h2-5,8H,6-7,9,15H2,1H3. The Balaban J connectivity index is 2.29. The molecular weight excluding hydrogens is 196 g/mol. The van der Waals surface area contributed by atoms with E-state index in [4.69, 9.17) is 5.73 Å². The third-order valence-corrected chi connectivity index (χ3v) is 3.48. The maximum atomic E-state index is 6.27. The first-order valence-corrected chi connectivity index (χ1v) is 5.73. The Morgan fingerprint density at radius 2 is 2.06 bits per heavy atom.